The monoisotopic (exact) mass is 180 g/mol. The Bertz CT molecular complexity index is 288. The zero-order valence-corrected chi connectivity index (χ0v) is 7.76. The molecule has 0 saturated carbocycles. The number of nitrogens with one attached hydrogen (secondary N) is 1. The Morgan fingerprint density at radius 2 is 2.54 bits per heavy atom. The standard InChI is InChI=1S/C9H12N2O2/c1-3-13-9(12)8-6(2)4-7(5-10)11-8/h7,11H,3-4H2,1-2H3. The molecule has 0 aliphatic carbocycles. The Kier molecular flexibility index (Phi) is 2.91. The quantitative estimate of drug-likeness (QED) is 0.636. The maximum atomic E-state index is 11.3. The number of nitrogens with zero attached hydrogens (tertiary/aromatic N) is 1. The van der Waals surface area contributed by atoms with E-state index in [4.69, 9.17) is 10.00 Å². The fourth-order valence-corrected chi connectivity index (χ4v) is 1.27. The van der Waals surface area contributed by atoms with E-state index in [1.807, 2.05) is 6.92 Å². The van der Waals surface area contributed by atoms with Crippen LogP contribution in [0.4, 0.5) is 0 Å². The first-order valence-electron chi connectivity index (χ1n) is 4.22. The second-order valence-corrected chi connectivity index (χ2v) is 2.91. The molecule has 1 atom stereocenters. The van der Waals surface area contributed by atoms with Gasteiger partial charge in [0.2, 0.25) is 0 Å². The Labute approximate surface area is 77.2 Å². The maximum absolute atomic E-state index is 11.3. The van der Waals surface area contributed by atoms with Crippen LogP contribution >= 0.6 is 0 Å². The van der Waals surface area contributed by atoms with Gasteiger partial charge in [0.15, 0.2) is 0 Å². The van der Waals surface area contributed by atoms with E-state index < -0.39 is 0 Å². The summed E-state index contributed by atoms with van der Waals surface area (Å²) in [5.41, 5.74) is 1.35. The molecule has 4 nitrogen and oxygen atoms in total. The molecule has 0 aromatic heterocycles. The van der Waals surface area contributed by atoms with Crippen LogP contribution in [0.5, 0.6) is 0 Å². The predicted octanol–water partition coefficient (Wildman–Crippen LogP) is 0.709. The fraction of sp³-hybridized carbons (Fsp3) is 0.556. The minimum Gasteiger partial charge on any atom is -0.461 e. The van der Waals surface area contributed by atoms with Gasteiger partial charge in [0.1, 0.15) is 11.7 Å². The molecule has 0 spiro atoms. The number of nitriles is 1. The van der Waals surface area contributed by atoms with Gasteiger partial charge < -0.3 is 10.1 Å². The number of esters is 1. The highest BCUT2D eigenvalue weighted by atomic mass is 16.5. The van der Waals surface area contributed by atoms with Crippen molar-refractivity contribution in [2.75, 3.05) is 6.61 Å². The summed E-state index contributed by atoms with van der Waals surface area (Å²) < 4.78 is 4.82. The Balaban J connectivity index is 2.66. The zero-order chi connectivity index (χ0) is 9.84. The van der Waals surface area contributed by atoms with Crippen LogP contribution in [-0.4, -0.2) is 18.6 Å². The van der Waals surface area contributed by atoms with Gasteiger partial charge in [0.05, 0.1) is 12.7 Å². The van der Waals surface area contributed by atoms with Gasteiger partial charge in [-0.05, 0) is 19.4 Å². The third-order valence-corrected chi connectivity index (χ3v) is 1.89. The van der Waals surface area contributed by atoms with Crippen molar-refractivity contribution in [1.82, 2.24) is 5.32 Å². The van der Waals surface area contributed by atoms with E-state index in [0.717, 1.165) is 5.57 Å². The van der Waals surface area contributed by atoms with E-state index in [1.165, 1.54) is 0 Å². The van der Waals surface area contributed by atoms with Crippen molar-refractivity contribution in [3.8, 4) is 6.07 Å². The summed E-state index contributed by atoms with van der Waals surface area (Å²) in [7, 11) is 0. The third-order valence-electron chi connectivity index (χ3n) is 1.89. The van der Waals surface area contributed by atoms with Crippen LogP contribution < -0.4 is 5.32 Å². The van der Waals surface area contributed by atoms with Crippen molar-refractivity contribution in [2.45, 2.75) is 26.3 Å². The van der Waals surface area contributed by atoms with Crippen LogP contribution in [0.1, 0.15) is 20.3 Å². The molecule has 1 N–H and O–H groups in total. The Morgan fingerprint density at radius 1 is 1.85 bits per heavy atom. The summed E-state index contributed by atoms with van der Waals surface area (Å²) in [6.07, 6.45) is 0.602. The molecule has 1 heterocycles. The molecule has 0 aromatic rings. The second kappa shape index (κ2) is 3.94. The molecule has 0 aromatic carbocycles. The van der Waals surface area contributed by atoms with Crippen molar-refractivity contribution in [3.63, 3.8) is 0 Å². The highest BCUT2D eigenvalue weighted by Gasteiger charge is 2.25. The van der Waals surface area contributed by atoms with Gasteiger partial charge in [-0.1, -0.05) is 0 Å². The van der Waals surface area contributed by atoms with Gasteiger partial charge in [0, 0.05) is 6.42 Å². The van der Waals surface area contributed by atoms with Gasteiger partial charge in [-0.15, -0.1) is 0 Å². The molecule has 0 saturated heterocycles. The van der Waals surface area contributed by atoms with Crippen LogP contribution in [-0.2, 0) is 9.53 Å². The molecule has 70 valence electrons. The number of carbonyl (C=O) groups is 1. The van der Waals surface area contributed by atoms with Gasteiger partial charge in [0.25, 0.3) is 0 Å². The van der Waals surface area contributed by atoms with E-state index in [2.05, 4.69) is 11.4 Å². The van der Waals surface area contributed by atoms with Crippen LogP contribution in [0.15, 0.2) is 11.3 Å². The first-order chi connectivity index (χ1) is 6.19. The number of hydrogen-bond donors (Lipinski definition) is 1. The number of rotatable bonds is 2. The molecular weight excluding hydrogens is 168 g/mol. The maximum Gasteiger partial charge on any atom is 0.354 e. The zero-order valence-electron chi connectivity index (χ0n) is 7.76. The summed E-state index contributed by atoms with van der Waals surface area (Å²) >= 11 is 0. The number of ether oxygens (including phenoxy) is 1. The summed E-state index contributed by atoms with van der Waals surface area (Å²) in [4.78, 5) is 11.3. The first kappa shape index (κ1) is 9.59. The lowest BCUT2D eigenvalue weighted by Crippen LogP contribution is -2.25. The Hall–Kier alpha value is -1.50. The van der Waals surface area contributed by atoms with Crippen LogP contribution in [0, 0.1) is 11.3 Å². The average Bonchev–Trinajstić information content (AvgIpc) is 2.47. The van der Waals surface area contributed by atoms with Crippen molar-refractivity contribution < 1.29 is 9.53 Å². The van der Waals surface area contributed by atoms with E-state index in [-0.39, 0.29) is 12.0 Å². The van der Waals surface area contributed by atoms with Crippen molar-refractivity contribution in [3.05, 3.63) is 11.3 Å². The summed E-state index contributed by atoms with van der Waals surface area (Å²) in [6, 6.07) is 1.78. The van der Waals surface area contributed by atoms with Crippen molar-refractivity contribution in [2.24, 2.45) is 0 Å². The van der Waals surface area contributed by atoms with Crippen LogP contribution in [0.2, 0.25) is 0 Å². The molecular formula is C9H12N2O2. The summed E-state index contributed by atoms with van der Waals surface area (Å²) in [5.74, 6) is -0.363. The molecule has 0 radical (unpaired) electrons. The minimum absolute atomic E-state index is 0.278. The lowest BCUT2D eigenvalue weighted by atomic mass is 10.1. The molecule has 1 aliphatic rings. The van der Waals surface area contributed by atoms with Crippen molar-refractivity contribution in [1.29, 1.82) is 5.26 Å². The third kappa shape index (κ3) is 2.00. The van der Waals surface area contributed by atoms with Crippen molar-refractivity contribution >= 4 is 5.97 Å². The van der Waals surface area contributed by atoms with Crippen LogP contribution in [0.3, 0.4) is 0 Å². The largest absolute Gasteiger partial charge is 0.461 e. The van der Waals surface area contributed by atoms with Crippen LogP contribution in [0.25, 0.3) is 0 Å². The SMILES string of the molecule is CCOC(=O)C1=C(C)CC(C#N)N1. The lowest BCUT2D eigenvalue weighted by Gasteiger charge is -2.05. The molecule has 13 heavy (non-hydrogen) atoms. The first-order valence-corrected chi connectivity index (χ1v) is 4.22. The fourth-order valence-electron chi connectivity index (χ4n) is 1.27. The van der Waals surface area contributed by atoms with E-state index in [1.54, 1.807) is 6.92 Å². The summed E-state index contributed by atoms with van der Waals surface area (Å²) in [6.45, 7) is 3.94. The molecule has 0 amide bonds. The van der Waals surface area contributed by atoms with Gasteiger partial charge in [-0.25, -0.2) is 4.79 Å². The Morgan fingerprint density at radius 3 is 3.00 bits per heavy atom. The normalized spacial score (nSPS) is 20.8. The van der Waals surface area contributed by atoms with Gasteiger partial charge in [-0.2, -0.15) is 5.26 Å². The predicted molar refractivity (Wildman–Crippen MR) is 46.5 cm³/mol. The highest BCUT2D eigenvalue weighted by molar-refractivity contribution is 5.89. The number of hydrogen-bond acceptors (Lipinski definition) is 4. The summed E-state index contributed by atoms with van der Waals surface area (Å²) in [5, 5.41) is 11.4. The smallest absolute Gasteiger partial charge is 0.354 e. The van der Waals surface area contributed by atoms with Gasteiger partial charge >= 0.3 is 5.97 Å². The molecule has 4 heteroatoms. The van der Waals surface area contributed by atoms with E-state index in [0.29, 0.717) is 18.7 Å². The van der Waals surface area contributed by atoms with Gasteiger partial charge in [-0.3, -0.25) is 0 Å². The second-order valence-electron chi connectivity index (χ2n) is 2.91. The lowest BCUT2D eigenvalue weighted by molar-refractivity contribution is -0.138. The minimum atomic E-state index is -0.363. The van der Waals surface area contributed by atoms with E-state index in [9.17, 15) is 4.79 Å². The topological polar surface area (TPSA) is 62.1 Å². The molecule has 0 bridgehead atoms. The molecule has 1 aliphatic heterocycles. The highest BCUT2D eigenvalue weighted by Crippen LogP contribution is 2.18. The average molecular weight is 180 g/mol. The molecule has 1 unspecified atom stereocenters. The molecule has 0 fully saturated rings. The van der Waals surface area contributed by atoms with E-state index >= 15 is 0 Å². The molecule has 1 rings (SSSR count). The number of carbonyl (C=O) groups excluding carboxylic acids is 1.